The van der Waals surface area contributed by atoms with Gasteiger partial charge < -0.3 is 9.73 Å². The monoisotopic (exact) mass is 241 g/mol. The Kier molecular flexibility index (Phi) is 2.88. The Morgan fingerprint density at radius 1 is 1.60 bits per heavy atom. The fourth-order valence-corrected chi connectivity index (χ4v) is 2.11. The maximum atomic E-state index is 5.50. The Morgan fingerprint density at radius 3 is 2.93 bits per heavy atom. The van der Waals surface area contributed by atoms with Gasteiger partial charge in [0.05, 0.1) is 6.04 Å². The molecule has 2 heterocycles. The highest BCUT2D eigenvalue weighted by Crippen LogP contribution is 2.22. The smallest absolute Gasteiger partial charge is 0.204 e. The van der Waals surface area contributed by atoms with Gasteiger partial charge in [-0.1, -0.05) is 11.3 Å². The topological polar surface area (TPSA) is 53.9 Å². The third kappa shape index (κ3) is 2.45. The zero-order valence-electron chi connectivity index (χ0n) is 8.40. The quantitative estimate of drug-likeness (QED) is 0.810. The molecule has 0 aliphatic heterocycles. The summed E-state index contributed by atoms with van der Waals surface area (Å²) < 4.78 is 6.17. The molecule has 2 aromatic rings. The molecular weight excluding hydrogens is 230 g/mol. The van der Waals surface area contributed by atoms with E-state index in [-0.39, 0.29) is 6.04 Å². The molecule has 0 aliphatic carbocycles. The molecule has 2 N–H and O–H groups in total. The first-order chi connectivity index (χ1) is 7.15. The van der Waals surface area contributed by atoms with Crippen molar-refractivity contribution in [3.8, 4) is 0 Å². The summed E-state index contributed by atoms with van der Waals surface area (Å²) in [6, 6.07) is 3.99. The van der Waals surface area contributed by atoms with Gasteiger partial charge in [-0.2, -0.15) is 0 Å². The summed E-state index contributed by atoms with van der Waals surface area (Å²) in [5.41, 5.74) is 0. The van der Waals surface area contributed by atoms with Crippen LogP contribution in [0, 0.1) is 10.9 Å². The second-order valence-electron chi connectivity index (χ2n) is 3.23. The van der Waals surface area contributed by atoms with E-state index in [0.29, 0.717) is 3.95 Å². The molecular formula is C9H11N3OS2. The number of rotatable bonds is 3. The minimum Gasteiger partial charge on any atom is -0.464 e. The summed E-state index contributed by atoms with van der Waals surface area (Å²) in [6.07, 6.45) is 0. The third-order valence-electron chi connectivity index (χ3n) is 1.97. The predicted octanol–water partition coefficient (Wildman–Crippen LogP) is 3.28. The van der Waals surface area contributed by atoms with Gasteiger partial charge in [-0.15, -0.1) is 5.10 Å². The number of nitrogens with zero attached hydrogens (tertiary/aromatic N) is 1. The van der Waals surface area contributed by atoms with Crippen LogP contribution in [0.25, 0.3) is 0 Å². The molecule has 2 rings (SSSR count). The van der Waals surface area contributed by atoms with Crippen LogP contribution < -0.4 is 5.32 Å². The van der Waals surface area contributed by atoms with E-state index in [1.54, 1.807) is 0 Å². The number of nitrogens with one attached hydrogen (secondary N) is 2. The average molecular weight is 241 g/mol. The van der Waals surface area contributed by atoms with Crippen molar-refractivity contribution in [3.05, 3.63) is 27.6 Å². The molecule has 0 spiro atoms. The van der Waals surface area contributed by atoms with Crippen molar-refractivity contribution in [1.82, 2.24) is 10.2 Å². The lowest BCUT2D eigenvalue weighted by Crippen LogP contribution is -2.05. The number of furan rings is 1. The van der Waals surface area contributed by atoms with Crippen LogP contribution >= 0.6 is 23.6 Å². The van der Waals surface area contributed by atoms with Crippen molar-refractivity contribution >= 4 is 28.7 Å². The fourth-order valence-electron chi connectivity index (χ4n) is 1.23. The number of anilines is 1. The number of hydrogen-bond donors (Lipinski definition) is 2. The Morgan fingerprint density at radius 2 is 2.40 bits per heavy atom. The van der Waals surface area contributed by atoms with Crippen LogP contribution in [0.15, 0.2) is 16.5 Å². The third-order valence-corrected chi connectivity index (χ3v) is 2.99. The van der Waals surface area contributed by atoms with Gasteiger partial charge in [-0.25, -0.2) is 0 Å². The summed E-state index contributed by atoms with van der Waals surface area (Å²) in [5.74, 6) is 1.81. The van der Waals surface area contributed by atoms with Crippen LogP contribution in [0.1, 0.15) is 24.5 Å². The van der Waals surface area contributed by atoms with E-state index in [2.05, 4.69) is 15.5 Å². The molecule has 0 bridgehead atoms. The molecule has 0 radical (unpaired) electrons. The summed E-state index contributed by atoms with van der Waals surface area (Å²) >= 11 is 6.36. The maximum Gasteiger partial charge on any atom is 0.204 e. The van der Waals surface area contributed by atoms with E-state index in [9.17, 15) is 0 Å². The Balaban J connectivity index is 2.10. The summed E-state index contributed by atoms with van der Waals surface area (Å²) in [5, 5.41) is 10.7. The number of aromatic amines is 1. The van der Waals surface area contributed by atoms with E-state index < -0.39 is 0 Å². The predicted molar refractivity (Wildman–Crippen MR) is 62.8 cm³/mol. The van der Waals surface area contributed by atoms with Gasteiger partial charge in [0.1, 0.15) is 11.5 Å². The molecule has 4 nitrogen and oxygen atoms in total. The first-order valence-corrected chi connectivity index (χ1v) is 5.76. The zero-order valence-corrected chi connectivity index (χ0v) is 10.0. The lowest BCUT2D eigenvalue weighted by Gasteiger charge is -2.08. The molecule has 80 valence electrons. The van der Waals surface area contributed by atoms with Gasteiger partial charge >= 0.3 is 0 Å². The molecule has 0 aliphatic rings. The normalized spacial score (nSPS) is 12.7. The molecule has 1 unspecified atom stereocenters. The minimum atomic E-state index is 0.0904. The van der Waals surface area contributed by atoms with E-state index in [0.717, 1.165) is 16.7 Å². The van der Waals surface area contributed by atoms with Crippen molar-refractivity contribution in [3.63, 3.8) is 0 Å². The second kappa shape index (κ2) is 4.16. The largest absolute Gasteiger partial charge is 0.464 e. The van der Waals surface area contributed by atoms with Crippen molar-refractivity contribution < 1.29 is 4.42 Å². The second-order valence-corrected chi connectivity index (χ2v) is 4.90. The number of aryl methyl sites for hydroxylation is 1. The van der Waals surface area contributed by atoms with Crippen LogP contribution in [0.5, 0.6) is 0 Å². The SMILES string of the molecule is Cc1ccc(C(C)Nc2n[nH]c(=S)s2)o1. The minimum absolute atomic E-state index is 0.0904. The van der Waals surface area contributed by atoms with Gasteiger partial charge in [0.2, 0.25) is 5.13 Å². The molecule has 0 aromatic carbocycles. The highest BCUT2D eigenvalue weighted by Gasteiger charge is 2.10. The number of aromatic nitrogens is 2. The lowest BCUT2D eigenvalue weighted by molar-refractivity contribution is 0.467. The highest BCUT2D eigenvalue weighted by molar-refractivity contribution is 7.73. The Labute approximate surface area is 96.3 Å². The summed E-state index contributed by atoms with van der Waals surface area (Å²) in [6.45, 7) is 3.94. The number of hydrogen-bond acceptors (Lipinski definition) is 5. The molecule has 0 amide bonds. The first kappa shape index (κ1) is 10.4. The fraction of sp³-hybridized carbons (Fsp3) is 0.333. The van der Waals surface area contributed by atoms with Gasteiger partial charge in [-0.3, -0.25) is 5.10 Å². The molecule has 2 aromatic heterocycles. The number of H-pyrrole nitrogens is 1. The van der Waals surface area contributed by atoms with Crippen molar-refractivity contribution in [2.45, 2.75) is 19.9 Å². The van der Waals surface area contributed by atoms with E-state index >= 15 is 0 Å². The standard InChI is InChI=1S/C9H11N3OS2/c1-5-3-4-7(13-5)6(2)10-8-11-12-9(14)15-8/h3-4,6H,1-2H3,(H,10,11)(H,12,14). The van der Waals surface area contributed by atoms with E-state index in [1.807, 2.05) is 26.0 Å². The van der Waals surface area contributed by atoms with E-state index in [4.69, 9.17) is 16.6 Å². The average Bonchev–Trinajstić information content (AvgIpc) is 2.75. The lowest BCUT2D eigenvalue weighted by atomic mass is 10.2. The van der Waals surface area contributed by atoms with Gasteiger partial charge in [0.15, 0.2) is 3.95 Å². The molecule has 0 saturated heterocycles. The van der Waals surface area contributed by atoms with Crippen molar-refractivity contribution in [2.75, 3.05) is 5.32 Å². The summed E-state index contributed by atoms with van der Waals surface area (Å²) in [7, 11) is 0. The van der Waals surface area contributed by atoms with Crippen molar-refractivity contribution in [2.24, 2.45) is 0 Å². The van der Waals surface area contributed by atoms with Gasteiger partial charge in [0.25, 0.3) is 0 Å². The highest BCUT2D eigenvalue weighted by atomic mass is 32.1. The molecule has 0 fully saturated rings. The summed E-state index contributed by atoms with van der Waals surface area (Å²) in [4.78, 5) is 0. The Hall–Kier alpha value is -1.14. The van der Waals surface area contributed by atoms with Crippen LogP contribution in [0.3, 0.4) is 0 Å². The first-order valence-electron chi connectivity index (χ1n) is 4.53. The van der Waals surface area contributed by atoms with Crippen LogP contribution in [-0.4, -0.2) is 10.2 Å². The van der Waals surface area contributed by atoms with Crippen molar-refractivity contribution in [1.29, 1.82) is 0 Å². The Bertz CT molecular complexity index is 499. The van der Waals surface area contributed by atoms with Crippen LogP contribution in [0.4, 0.5) is 5.13 Å². The van der Waals surface area contributed by atoms with Crippen LogP contribution in [0.2, 0.25) is 0 Å². The van der Waals surface area contributed by atoms with E-state index in [1.165, 1.54) is 11.3 Å². The maximum absolute atomic E-state index is 5.50. The van der Waals surface area contributed by atoms with Gasteiger partial charge in [-0.05, 0) is 38.2 Å². The zero-order chi connectivity index (χ0) is 10.8. The molecule has 0 saturated carbocycles. The molecule has 15 heavy (non-hydrogen) atoms. The van der Waals surface area contributed by atoms with Gasteiger partial charge in [0, 0.05) is 0 Å². The molecule has 1 atom stereocenters. The molecule has 6 heteroatoms. The van der Waals surface area contributed by atoms with Crippen LogP contribution in [-0.2, 0) is 0 Å².